The third kappa shape index (κ3) is 2.35. The molecule has 2 rings (SSSR count). The van der Waals surface area contributed by atoms with Gasteiger partial charge in [-0.3, -0.25) is 4.79 Å². The van der Waals surface area contributed by atoms with Gasteiger partial charge in [0.2, 0.25) is 0 Å². The lowest BCUT2D eigenvalue weighted by molar-refractivity contribution is 0.0646. The molecule has 1 aliphatic rings. The largest absolute Gasteiger partial charge is 0.332 e. The predicted molar refractivity (Wildman–Crippen MR) is 69.1 cm³/mol. The van der Waals surface area contributed by atoms with Crippen LogP contribution in [-0.4, -0.2) is 27.9 Å². The second-order valence-corrected chi connectivity index (χ2v) is 6.12. The standard InChI is InChI=1S/C12H19N3OS/c1-8(13)10-14-9(7-17-10)11(16)15-6-4-5-12(15,2)3/h7-8H,4-6,13H2,1-3H3. The van der Waals surface area contributed by atoms with Gasteiger partial charge in [-0.15, -0.1) is 11.3 Å². The molecular weight excluding hydrogens is 234 g/mol. The summed E-state index contributed by atoms with van der Waals surface area (Å²) in [4.78, 5) is 18.6. The van der Waals surface area contributed by atoms with E-state index in [1.807, 2.05) is 17.2 Å². The Morgan fingerprint density at radius 2 is 2.35 bits per heavy atom. The minimum atomic E-state index is -0.104. The number of carbonyl (C=O) groups is 1. The minimum Gasteiger partial charge on any atom is -0.332 e. The van der Waals surface area contributed by atoms with E-state index in [1.165, 1.54) is 11.3 Å². The normalized spacial score (nSPS) is 20.6. The maximum absolute atomic E-state index is 12.3. The topological polar surface area (TPSA) is 59.2 Å². The summed E-state index contributed by atoms with van der Waals surface area (Å²) in [6.45, 7) is 6.93. The quantitative estimate of drug-likeness (QED) is 0.878. The zero-order chi connectivity index (χ0) is 12.6. The van der Waals surface area contributed by atoms with E-state index >= 15 is 0 Å². The number of nitrogens with two attached hydrogens (primary N) is 1. The van der Waals surface area contributed by atoms with E-state index in [0.29, 0.717) is 5.69 Å². The molecule has 1 aromatic heterocycles. The second kappa shape index (κ2) is 4.38. The number of nitrogens with zero attached hydrogens (tertiary/aromatic N) is 2. The van der Waals surface area contributed by atoms with Crippen molar-refractivity contribution in [2.24, 2.45) is 5.73 Å². The molecule has 2 N–H and O–H groups in total. The van der Waals surface area contributed by atoms with Crippen LogP contribution < -0.4 is 5.73 Å². The van der Waals surface area contributed by atoms with Gasteiger partial charge in [-0.1, -0.05) is 0 Å². The molecule has 1 atom stereocenters. The van der Waals surface area contributed by atoms with Crippen molar-refractivity contribution in [3.05, 3.63) is 16.1 Å². The van der Waals surface area contributed by atoms with E-state index in [1.54, 1.807) is 0 Å². The second-order valence-electron chi connectivity index (χ2n) is 5.23. The number of amides is 1. The fraction of sp³-hybridized carbons (Fsp3) is 0.667. The first-order chi connectivity index (χ1) is 7.92. The van der Waals surface area contributed by atoms with Gasteiger partial charge in [0.1, 0.15) is 10.7 Å². The van der Waals surface area contributed by atoms with Crippen molar-refractivity contribution in [3.63, 3.8) is 0 Å². The van der Waals surface area contributed by atoms with Crippen LogP contribution in [0.1, 0.15) is 55.2 Å². The molecule has 0 spiro atoms. The van der Waals surface area contributed by atoms with Crippen LogP contribution in [0.4, 0.5) is 0 Å². The van der Waals surface area contributed by atoms with E-state index in [0.717, 1.165) is 24.4 Å². The van der Waals surface area contributed by atoms with Crippen LogP contribution in [0, 0.1) is 0 Å². The number of aromatic nitrogens is 1. The molecule has 0 aromatic carbocycles. The average molecular weight is 253 g/mol. The highest BCUT2D eigenvalue weighted by atomic mass is 32.1. The highest BCUT2D eigenvalue weighted by Crippen LogP contribution is 2.30. The Labute approximate surface area is 106 Å². The minimum absolute atomic E-state index is 0.0376. The summed E-state index contributed by atoms with van der Waals surface area (Å²) in [5.41, 5.74) is 6.25. The molecule has 1 amide bonds. The predicted octanol–water partition coefficient (Wildman–Crippen LogP) is 2.18. The van der Waals surface area contributed by atoms with Gasteiger partial charge >= 0.3 is 0 Å². The van der Waals surface area contributed by atoms with Gasteiger partial charge in [0.15, 0.2) is 0 Å². The first-order valence-corrected chi connectivity index (χ1v) is 6.83. The Bertz CT molecular complexity index is 425. The fourth-order valence-electron chi connectivity index (χ4n) is 2.22. The molecule has 5 heteroatoms. The summed E-state index contributed by atoms with van der Waals surface area (Å²) in [6, 6.07) is -0.104. The van der Waals surface area contributed by atoms with Crippen LogP contribution in [0.3, 0.4) is 0 Å². The zero-order valence-electron chi connectivity index (χ0n) is 10.6. The molecule has 94 valence electrons. The summed E-state index contributed by atoms with van der Waals surface area (Å²) in [5.74, 6) is 0.0376. The number of hydrogen-bond acceptors (Lipinski definition) is 4. The van der Waals surface area contributed by atoms with E-state index in [2.05, 4.69) is 18.8 Å². The fourth-order valence-corrected chi connectivity index (χ4v) is 2.97. The Hall–Kier alpha value is -0.940. The first kappa shape index (κ1) is 12.5. The van der Waals surface area contributed by atoms with Crippen LogP contribution in [-0.2, 0) is 0 Å². The smallest absolute Gasteiger partial charge is 0.273 e. The van der Waals surface area contributed by atoms with Gasteiger partial charge in [0.25, 0.3) is 5.91 Å². The molecule has 0 radical (unpaired) electrons. The third-order valence-electron chi connectivity index (χ3n) is 3.28. The molecular formula is C12H19N3OS. The molecule has 1 fully saturated rings. The van der Waals surface area contributed by atoms with Crippen molar-refractivity contribution < 1.29 is 4.79 Å². The molecule has 17 heavy (non-hydrogen) atoms. The van der Waals surface area contributed by atoms with Crippen molar-refractivity contribution in [1.29, 1.82) is 0 Å². The molecule has 2 heterocycles. The van der Waals surface area contributed by atoms with Gasteiger partial charge in [0, 0.05) is 17.5 Å². The summed E-state index contributed by atoms with van der Waals surface area (Å²) in [5, 5.41) is 2.64. The zero-order valence-corrected chi connectivity index (χ0v) is 11.4. The monoisotopic (exact) mass is 253 g/mol. The maximum Gasteiger partial charge on any atom is 0.273 e. The van der Waals surface area contributed by atoms with Gasteiger partial charge in [-0.25, -0.2) is 4.98 Å². The Balaban J connectivity index is 2.19. The van der Waals surface area contributed by atoms with Crippen molar-refractivity contribution in [2.75, 3.05) is 6.54 Å². The van der Waals surface area contributed by atoms with Crippen LogP contribution in [0.2, 0.25) is 0 Å². The van der Waals surface area contributed by atoms with Crippen molar-refractivity contribution in [2.45, 2.75) is 45.2 Å². The van der Waals surface area contributed by atoms with Crippen LogP contribution >= 0.6 is 11.3 Å². The molecule has 1 aromatic rings. The Morgan fingerprint density at radius 3 is 2.82 bits per heavy atom. The van der Waals surface area contributed by atoms with E-state index in [9.17, 15) is 4.79 Å². The molecule has 1 saturated heterocycles. The summed E-state index contributed by atoms with van der Waals surface area (Å²) >= 11 is 1.46. The SMILES string of the molecule is CC(N)c1nc(C(=O)N2CCCC2(C)C)cs1. The van der Waals surface area contributed by atoms with E-state index < -0.39 is 0 Å². The van der Waals surface area contributed by atoms with E-state index in [4.69, 9.17) is 5.73 Å². The number of hydrogen-bond donors (Lipinski definition) is 1. The Morgan fingerprint density at radius 1 is 1.65 bits per heavy atom. The van der Waals surface area contributed by atoms with Crippen LogP contribution in [0.25, 0.3) is 0 Å². The average Bonchev–Trinajstić information content (AvgIpc) is 2.82. The lowest BCUT2D eigenvalue weighted by Crippen LogP contribution is -2.42. The lowest BCUT2D eigenvalue weighted by Gasteiger charge is -2.31. The van der Waals surface area contributed by atoms with Crippen LogP contribution in [0.15, 0.2) is 5.38 Å². The van der Waals surface area contributed by atoms with Gasteiger partial charge in [0.05, 0.1) is 6.04 Å². The van der Waals surface area contributed by atoms with Gasteiger partial charge < -0.3 is 10.6 Å². The van der Waals surface area contributed by atoms with Gasteiger partial charge in [-0.05, 0) is 33.6 Å². The van der Waals surface area contributed by atoms with Gasteiger partial charge in [-0.2, -0.15) is 0 Å². The number of thiazole rings is 1. The summed E-state index contributed by atoms with van der Waals surface area (Å²) in [6.07, 6.45) is 2.13. The summed E-state index contributed by atoms with van der Waals surface area (Å²) in [7, 11) is 0. The molecule has 1 aliphatic heterocycles. The first-order valence-electron chi connectivity index (χ1n) is 5.95. The third-order valence-corrected chi connectivity index (χ3v) is 4.32. The lowest BCUT2D eigenvalue weighted by atomic mass is 10.0. The maximum atomic E-state index is 12.3. The molecule has 4 nitrogen and oxygen atoms in total. The molecule has 0 saturated carbocycles. The van der Waals surface area contributed by atoms with Crippen molar-refractivity contribution in [3.8, 4) is 0 Å². The summed E-state index contributed by atoms with van der Waals surface area (Å²) < 4.78 is 0. The number of rotatable bonds is 2. The van der Waals surface area contributed by atoms with Crippen LogP contribution in [0.5, 0.6) is 0 Å². The van der Waals surface area contributed by atoms with Crippen molar-refractivity contribution >= 4 is 17.2 Å². The highest BCUT2D eigenvalue weighted by molar-refractivity contribution is 7.09. The number of carbonyl (C=O) groups excluding carboxylic acids is 1. The molecule has 1 unspecified atom stereocenters. The highest BCUT2D eigenvalue weighted by Gasteiger charge is 2.36. The Kier molecular flexibility index (Phi) is 3.23. The number of likely N-dealkylation sites (tertiary alicyclic amines) is 1. The van der Waals surface area contributed by atoms with Crippen molar-refractivity contribution in [1.82, 2.24) is 9.88 Å². The molecule has 0 aliphatic carbocycles. The van der Waals surface area contributed by atoms with E-state index in [-0.39, 0.29) is 17.5 Å². The molecule has 0 bridgehead atoms.